The molecule has 0 aromatic carbocycles. The predicted octanol–water partition coefficient (Wildman–Crippen LogP) is 2.60. The largest absolute Gasteiger partial charge is 0.370 e. The topological polar surface area (TPSA) is 28.2 Å². The highest BCUT2D eigenvalue weighted by atomic mass is 15.2. The van der Waals surface area contributed by atoms with E-state index < -0.39 is 0 Å². The van der Waals surface area contributed by atoms with Crippen LogP contribution in [0.2, 0.25) is 0 Å². The summed E-state index contributed by atoms with van der Waals surface area (Å²) in [4.78, 5) is 6.93. The first-order valence-electron chi connectivity index (χ1n) is 7.10. The van der Waals surface area contributed by atoms with Crippen molar-refractivity contribution in [1.82, 2.24) is 10.3 Å². The van der Waals surface area contributed by atoms with Gasteiger partial charge in [-0.25, -0.2) is 0 Å². The van der Waals surface area contributed by atoms with Gasteiger partial charge in [-0.05, 0) is 44.4 Å². The molecular formula is C15H25N3. The van der Waals surface area contributed by atoms with Crippen LogP contribution in [0.4, 0.5) is 5.69 Å². The first kappa shape index (κ1) is 13.3. The fourth-order valence-corrected chi connectivity index (χ4v) is 2.69. The molecule has 1 aliphatic rings. The second kappa shape index (κ2) is 6.19. The number of hydrogen-bond donors (Lipinski definition) is 1. The third-order valence-corrected chi connectivity index (χ3v) is 3.85. The van der Waals surface area contributed by atoms with E-state index in [4.69, 9.17) is 0 Å². The molecule has 0 spiro atoms. The van der Waals surface area contributed by atoms with Crippen LogP contribution in [0.15, 0.2) is 18.3 Å². The van der Waals surface area contributed by atoms with Crippen molar-refractivity contribution < 1.29 is 0 Å². The molecule has 2 atom stereocenters. The van der Waals surface area contributed by atoms with Crippen LogP contribution in [0.3, 0.4) is 0 Å². The van der Waals surface area contributed by atoms with E-state index in [2.05, 4.69) is 42.0 Å². The lowest BCUT2D eigenvalue weighted by Crippen LogP contribution is -2.43. The zero-order chi connectivity index (χ0) is 13.0. The Morgan fingerprint density at radius 1 is 1.50 bits per heavy atom. The molecular weight excluding hydrogens is 222 g/mol. The van der Waals surface area contributed by atoms with Crippen molar-refractivity contribution in [2.45, 2.75) is 39.7 Å². The molecule has 3 nitrogen and oxygen atoms in total. The summed E-state index contributed by atoms with van der Waals surface area (Å²) < 4.78 is 0. The van der Waals surface area contributed by atoms with Gasteiger partial charge in [0.1, 0.15) is 0 Å². The van der Waals surface area contributed by atoms with Crippen LogP contribution in [-0.4, -0.2) is 30.7 Å². The quantitative estimate of drug-likeness (QED) is 0.870. The summed E-state index contributed by atoms with van der Waals surface area (Å²) in [5, 5.41) is 3.67. The zero-order valence-electron chi connectivity index (χ0n) is 11.8. The Hall–Kier alpha value is -1.09. The van der Waals surface area contributed by atoms with E-state index in [0.717, 1.165) is 25.3 Å². The first-order valence-corrected chi connectivity index (χ1v) is 7.10. The standard InChI is InChI=1S/C15H25N3/c1-4-14-7-9-18(11-12(2)10-17-14)15-6-5-8-16-13(15)3/h5-6,8,12,14,17H,4,7,9-11H2,1-3H3. The van der Waals surface area contributed by atoms with Gasteiger partial charge >= 0.3 is 0 Å². The third-order valence-electron chi connectivity index (χ3n) is 3.85. The maximum absolute atomic E-state index is 4.42. The Kier molecular flexibility index (Phi) is 4.59. The molecule has 2 unspecified atom stereocenters. The molecule has 2 heterocycles. The molecule has 0 radical (unpaired) electrons. The fraction of sp³-hybridized carbons (Fsp3) is 0.667. The summed E-state index contributed by atoms with van der Waals surface area (Å²) >= 11 is 0. The summed E-state index contributed by atoms with van der Waals surface area (Å²) in [7, 11) is 0. The van der Waals surface area contributed by atoms with E-state index >= 15 is 0 Å². The van der Waals surface area contributed by atoms with Crippen LogP contribution < -0.4 is 10.2 Å². The Labute approximate surface area is 111 Å². The van der Waals surface area contributed by atoms with Gasteiger partial charge in [0.05, 0.1) is 11.4 Å². The minimum atomic E-state index is 0.659. The van der Waals surface area contributed by atoms with E-state index in [0.29, 0.717) is 12.0 Å². The molecule has 1 aliphatic heterocycles. The number of anilines is 1. The summed E-state index contributed by atoms with van der Waals surface area (Å²) in [6, 6.07) is 4.90. The van der Waals surface area contributed by atoms with Crippen molar-refractivity contribution in [2.75, 3.05) is 24.5 Å². The minimum Gasteiger partial charge on any atom is -0.370 e. The molecule has 0 saturated carbocycles. The third kappa shape index (κ3) is 3.22. The molecule has 1 aromatic heterocycles. The van der Waals surface area contributed by atoms with Crippen molar-refractivity contribution in [3.8, 4) is 0 Å². The molecule has 0 aliphatic carbocycles. The average Bonchev–Trinajstić information content (AvgIpc) is 2.35. The number of hydrogen-bond acceptors (Lipinski definition) is 3. The van der Waals surface area contributed by atoms with Crippen molar-refractivity contribution in [2.24, 2.45) is 5.92 Å². The van der Waals surface area contributed by atoms with Gasteiger partial charge in [0, 0.05) is 25.3 Å². The summed E-state index contributed by atoms with van der Waals surface area (Å²) in [6.07, 6.45) is 4.31. The lowest BCUT2D eigenvalue weighted by Gasteiger charge is -2.34. The molecule has 0 bridgehead atoms. The van der Waals surface area contributed by atoms with Crippen LogP contribution in [0.5, 0.6) is 0 Å². The monoisotopic (exact) mass is 247 g/mol. The normalized spacial score (nSPS) is 25.6. The van der Waals surface area contributed by atoms with Gasteiger partial charge in [-0.15, -0.1) is 0 Å². The first-order chi connectivity index (χ1) is 8.70. The molecule has 2 rings (SSSR count). The predicted molar refractivity (Wildman–Crippen MR) is 77.0 cm³/mol. The number of aryl methyl sites for hydroxylation is 1. The highest BCUT2D eigenvalue weighted by molar-refractivity contribution is 5.49. The number of rotatable bonds is 2. The van der Waals surface area contributed by atoms with Gasteiger partial charge in [0.2, 0.25) is 0 Å². The Morgan fingerprint density at radius 3 is 3.06 bits per heavy atom. The summed E-state index contributed by atoms with van der Waals surface area (Å²) in [5.41, 5.74) is 2.45. The SMILES string of the molecule is CCC1CCN(c2cccnc2C)CC(C)CN1. The van der Waals surface area contributed by atoms with E-state index in [9.17, 15) is 0 Å². The molecule has 0 amide bonds. The maximum atomic E-state index is 4.42. The second-order valence-corrected chi connectivity index (χ2v) is 5.46. The summed E-state index contributed by atoms with van der Waals surface area (Å²) in [5.74, 6) is 0.680. The van der Waals surface area contributed by atoms with Crippen molar-refractivity contribution in [3.05, 3.63) is 24.0 Å². The number of aromatic nitrogens is 1. The molecule has 18 heavy (non-hydrogen) atoms. The van der Waals surface area contributed by atoms with Gasteiger partial charge in [-0.1, -0.05) is 13.8 Å². The van der Waals surface area contributed by atoms with Crippen LogP contribution in [-0.2, 0) is 0 Å². The molecule has 1 fully saturated rings. The van der Waals surface area contributed by atoms with E-state index in [-0.39, 0.29) is 0 Å². The lowest BCUT2D eigenvalue weighted by atomic mass is 10.0. The Balaban J connectivity index is 2.13. The molecule has 3 heteroatoms. The van der Waals surface area contributed by atoms with E-state index in [1.54, 1.807) is 0 Å². The maximum Gasteiger partial charge on any atom is 0.0605 e. The summed E-state index contributed by atoms with van der Waals surface area (Å²) in [6.45, 7) is 10.1. The molecule has 100 valence electrons. The lowest BCUT2D eigenvalue weighted by molar-refractivity contribution is 0.387. The number of nitrogens with zero attached hydrogens (tertiary/aromatic N) is 2. The zero-order valence-corrected chi connectivity index (χ0v) is 11.8. The minimum absolute atomic E-state index is 0.659. The van der Waals surface area contributed by atoms with Crippen molar-refractivity contribution in [3.63, 3.8) is 0 Å². The highest BCUT2D eigenvalue weighted by Crippen LogP contribution is 2.21. The van der Waals surface area contributed by atoms with Gasteiger partial charge in [-0.3, -0.25) is 4.98 Å². The number of nitrogens with one attached hydrogen (secondary N) is 1. The molecule has 1 aromatic rings. The smallest absolute Gasteiger partial charge is 0.0605 e. The van der Waals surface area contributed by atoms with E-state index in [1.165, 1.54) is 18.5 Å². The van der Waals surface area contributed by atoms with Crippen LogP contribution in [0, 0.1) is 12.8 Å². The van der Waals surface area contributed by atoms with Gasteiger partial charge in [0.25, 0.3) is 0 Å². The van der Waals surface area contributed by atoms with Gasteiger partial charge < -0.3 is 10.2 Å². The van der Waals surface area contributed by atoms with Crippen molar-refractivity contribution >= 4 is 5.69 Å². The van der Waals surface area contributed by atoms with Gasteiger partial charge in [0.15, 0.2) is 0 Å². The highest BCUT2D eigenvalue weighted by Gasteiger charge is 2.19. The van der Waals surface area contributed by atoms with Gasteiger partial charge in [-0.2, -0.15) is 0 Å². The van der Waals surface area contributed by atoms with Crippen LogP contribution >= 0.6 is 0 Å². The molecule has 1 saturated heterocycles. The Morgan fingerprint density at radius 2 is 2.33 bits per heavy atom. The average molecular weight is 247 g/mol. The fourth-order valence-electron chi connectivity index (χ4n) is 2.69. The van der Waals surface area contributed by atoms with Crippen LogP contribution in [0.1, 0.15) is 32.4 Å². The Bertz CT molecular complexity index is 378. The molecule has 1 N–H and O–H groups in total. The van der Waals surface area contributed by atoms with E-state index in [1.807, 2.05) is 12.3 Å². The second-order valence-electron chi connectivity index (χ2n) is 5.46. The van der Waals surface area contributed by atoms with Crippen LogP contribution in [0.25, 0.3) is 0 Å². The van der Waals surface area contributed by atoms with Crippen molar-refractivity contribution in [1.29, 1.82) is 0 Å². The number of pyridine rings is 1.